The van der Waals surface area contributed by atoms with Crippen molar-refractivity contribution in [3.8, 4) is 0 Å². The number of rotatable bonds is 11. The average Bonchev–Trinajstić information content (AvgIpc) is 2.70. The van der Waals surface area contributed by atoms with Crippen LogP contribution in [0.4, 0.5) is 0 Å². The molecule has 5 nitrogen and oxygen atoms in total. The molecule has 3 aliphatic rings. The predicted octanol–water partition coefficient (Wildman–Crippen LogP) is 5.29. The number of carboxylic acids is 1. The number of nitrogens with one attached hydrogen (secondary N) is 1. The predicted molar refractivity (Wildman–Crippen MR) is 129 cm³/mol. The molecular weight excluding hydrogens is 422 g/mol. The van der Waals surface area contributed by atoms with Gasteiger partial charge in [0.15, 0.2) is 0 Å². The van der Waals surface area contributed by atoms with Gasteiger partial charge >= 0.3 is 5.97 Å². The van der Waals surface area contributed by atoms with Crippen LogP contribution < -0.4 is 4.72 Å². The van der Waals surface area contributed by atoms with Gasteiger partial charge in [0.2, 0.25) is 10.0 Å². The number of hydrogen-bond donors (Lipinski definition) is 2. The van der Waals surface area contributed by atoms with Crippen molar-refractivity contribution in [1.29, 1.82) is 0 Å². The zero-order valence-corrected chi connectivity index (χ0v) is 20.6. The van der Waals surface area contributed by atoms with E-state index >= 15 is 0 Å². The van der Waals surface area contributed by atoms with E-state index in [-0.39, 0.29) is 17.6 Å². The van der Waals surface area contributed by atoms with E-state index in [9.17, 15) is 13.2 Å². The summed E-state index contributed by atoms with van der Waals surface area (Å²) in [6.07, 6.45) is 8.79. The highest BCUT2D eigenvalue weighted by molar-refractivity contribution is 7.89. The molecule has 4 rings (SSSR count). The van der Waals surface area contributed by atoms with Gasteiger partial charge in [-0.1, -0.05) is 44.2 Å². The van der Waals surface area contributed by atoms with Crippen LogP contribution in [0.25, 0.3) is 0 Å². The van der Waals surface area contributed by atoms with Crippen LogP contribution in [0, 0.1) is 31.1 Å². The van der Waals surface area contributed by atoms with E-state index in [2.05, 4.69) is 24.6 Å². The minimum atomic E-state index is -3.43. The molecule has 0 amide bonds. The van der Waals surface area contributed by atoms with Crippen LogP contribution in [0.15, 0.2) is 41.6 Å². The van der Waals surface area contributed by atoms with Crippen molar-refractivity contribution in [2.75, 3.05) is 5.75 Å². The molecule has 2 unspecified atom stereocenters. The fourth-order valence-electron chi connectivity index (χ4n) is 5.33. The van der Waals surface area contributed by atoms with Gasteiger partial charge in [0.1, 0.15) is 0 Å². The highest BCUT2D eigenvalue weighted by Crippen LogP contribution is 2.61. The molecule has 1 aromatic rings. The van der Waals surface area contributed by atoms with Crippen LogP contribution in [0.2, 0.25) is 0 Å². The Hall–Kier alpha value is -2.08. The number of aryl methyl sites for hydroxylation is 2. The summed E-state index contributed by atoms with van der Waals surface area (Å²) in [6, 6.07) is 6.06. The Labute approximate surface area is 193 Å². The first-order chi connectivity index (χ1) is 15.0. The molecule has 0 heterocycles. The molecule has 0 saturated heterocycles. The summed E-state index contributed by atoms with van der Waals surface area (Å²) in [5.41, 5.74) is 5.69. The number of benzene rings is 1. The second-order valence-electron chi connectivity index (χ2n) is 10.0. The lowest BCUT2D eigenvalue weighted by Crippen LogP contribution is -2.51. The normalized spacial score (nSPS) is 22.1. The Morgan fingerprint density at radius 3 is 2.53 bits per heavy atom. The van der Waals surface area contributed by atoms with Crippen LogP contribution in [-0.2, 0) is 21.2 Å². The molecule has 3 aliphatic carbocycles. The Balaban J connectivity index is 1.70. The first-order valence-electron chi connectivity index (χ1n) is 11.7. The third-order valence-electron chi connectivity index (χ3n) is 7.54. The van der Waals surface area contributed by atoms with Crippen molar-refractivity contribution in [3.05, 3.63) is 58.3 Å². The van der Waals surface area contributed by atoms with Gasteiger partial charge in [-0.3, -0.25) is 9.52 Å². The SMILES string of the molecule is Cc1cccc(C)c1CCS(=O)(=O)NC1=C(CC=CCCCC(=O)O)C2CC(C1)C2(C)C. The van der Waals surface area contributed by atoms with Gasteiger partial charge in [-0.05, 0) is 91.9 Å². The largest absolute Gasteiger partial charge is 0.481 e. The first kappa shape index (κ1) is 24.6. The molecule has 1 fully saturated rings. The van der Waals surface area contributed by atoms with Crippen molar-refractivity contribution in [1.82, 2.24) is 4.72 Å². The second kappa shape index (κ2) is 9.82. The van der Waals surface area contributed by atoms with E-state index in [0.29, 0.717) is 24.7 Å². The number of hydrogen-bond acceptors (Lipinski definition) is 3. The number of carbonyl (C=O) groups is 1. The van der Waals surface area contributed by atoms with Gasteiger partial charge in [0.05, 0.1) is 5.75 Å². The fraction of sp³-hybridized carbons (Fsp3) is 0.577. The Kier molecular flexibility index (Phi) is 7.53. The van der Waals surface area contributed by atoms with E-state index in [1.165, 1.54) is 5.57 Å². The van der Waals surface area contributed by atoms with Gasteiger partial charge < -0.3 is 5.11 Å². The van der Waals surface area contributed by atoms with Crippen molar-refractivity contribution in [2.45, 2.75) is 72.6 Å². The number of fused-ring (bicyclic) bond motifs is 1. The summed E-state index contributed by atoms with van der Waals surface area (Å²) in [6.45, 7) is 8.63. The zero-order valence-electron chi connectivity index (χ0n) is 19.8. The molecule has 1 saturated carbocycles. The smallest absolute Gasteiger partial charge is 0.303 e. The fourth-order valence-corrected chi connectivity index (χ4v) is 6.50. The minimum absolute atomic E-state index is 0.0826. The summed E-state index contributed by atoms with van der Waals surface area (Å²) >= 11 is 0. The van der Waals surface area contributed by atoms with Crippen LogP contribution in [0.5, 0.6) is 0 Å². The Morgan fingerprint density at radius 1 is 1.22 bits per heavy atom. The monoisotopic (exact) mass is 459 g/mol. The minimum Gasteiger partial charge on any atom is -0.481 e. The Bertz CT molecular complexity index is 1000. The lowest BCUT2D eigenvalue weighted by Gasteiger charge is -2.58. The van der Waals surface area contributed by atoms with Gasteiger partial charge in [-0.15, -0.1) is 0 Å². The average molecular weight is 460 g/mol. The highest BCUT2D eigenvalue weighted by Gasteiger charge is 2.53. The zero-order chi connectivity index (χ0) is 23.5. The van der Waals surface area contributed by atoms with Crippen LogP contribution in [-0.4, -0.2) is 25.2 Å². The van der Waals surface area contributed by atoms with E-state index < -0.39 is 16.0 Å². The number of carboxylic acid groups (broad SMARTS) is 1. The third-order valence-corrected chi connectivity index (χ3v) is 8.84. The number of aliphatic carboxylic acids is 1. The first-order valence-corrected chi connectivity index (χ1v) is 13.3. The highest BCUT2D eigenvalue weighted by atomic mass is 32.2. The van der Waals surface area contributed by atoms with Crippen molar-refractivity contribution >= 4 is 16.0 Å². The molecule has 2 bridgehead atoms. The molecule has 1 aromatic carbocycles. The number of sulfonamides is 1. The molecule has 0 radical (unpaired) electrons. The molecule has 176 valence electrons. The third kappa shape index (κ3) is 5.64. The lowest BCUT2D eigenvalue weighted by atomic mass is 9.48. The van der Waals surface area contributed by atoms with Crippen LogP contribution in [0.3, 0.4) is 0 Å². The summed E-state index contributed by atoms with van der Waals surface area (Å²) in [5.74, 6) is 0.237. The number of unbranched alkanes of at least 4 members (excludes halogenated alkanes) is 1. The van der Waals surface area contributed by atoms with Gasteiger partial charge in [-0.25, -0.2) is 8.42 Å². The maximum atomic E-state index is 13.0. The molecule has 2 N–H and O–H groups in total. The van der Waals surface area contributed by atoms with E-state index in [0.717, 1.165) is 48.1 Å². The molecular formula is C26H37NO4S. The summed E-state index contributed by atoms with van der Waals surface area (Å²) < 4.78 is 28.9. The van der Waals surface area contributed by atoms with E-state index in [1.54, 1.807) is 0 Å². The standard InChI is InChI=1S/C26H37NO4S/c1-18-10-9-11-19(2)21(18)14-15-32(30,31)27-24-17-20-16-23(26(20,3)4)22(24)12-7-5-6-8-13-25(28)29/h5,7,9-11,20,23,27H,6,8,12-17H2,1-4H3,(H,28,29). The van der Waals surface area contributed by atoms with Gasteiger partial charge in [-0.2, -0.15) is 0 Å². The van der Waals surface area contributed by atoms with E-state index in [4.69, 9.17) is 5.11 Å². The van der Waals surface area contributed by atoms with Crippen molar-refractivity contribution in [2.24, 2.45) is 17.3 Å². The van der Waals surface area contributed by atoms with E-state index in [1.807, 2.05) is 38.1 Å². The molecule has 6 heteroatoms. The molecule has 0 spiro atoms. The lowest BCUT2D eigenvalue weighted by molar-refractivity contribution is -0.137. The molecule has 32 heavy (non-hydrogen) atoms. The van der Waals surface area contributed by atoms with Crippen molar-refractivity contribution < 1.29 is 18.3 Å². The van der Waals surface area contributed by atoms with Crippen LogP contribution in [0.1, 0.15) is 69.1 Å². The summed E-state index contributed by atoms with van der Waals surface area (Å²) in [4.78, 5) is 10.7. The van der Waals surface area contributed by atoms with Gasteiger partial charge in [0, 0.05) is 12.1 Å². The maximum Gasteiger partial charge on any atom is 0.303 e. The second-order valence-corrected chi connectivity index (χ2v) is 11.9. The number of allylic oxidation sites excluding steroid dienone is 4. The molecule has 2 atom stereocenters. The topological polar surface area (TPSA) is 83.5 Å². The molecule has 0 aromatic heterocycles. The molecule has 0 aliphatic heterocycles. The summed E-state index contributed by atoms with van der Waals surface area (Å²) in [7, 11) is -3.43. The van der Waals surface area contributed by atoms with Gasteiger partial charge in [0.25, 0.3) is 0 Å². The van der Waals surface area contributed by atoms with Crippen molar-refractivity contribution in [3.63, 3.8) is 0 Å². The van der Waals surface area contributed by atoms with Crippen LogP contribution >= 0.6 is 0 Å². The Morgan fingerprint density at radius 2 is 1.91 bits per heavy atom. The summed E-state index contributed by atoms with van der Waals surface area (Å²) in [5, 5.41) is 8.76. The quantitative estimate of drug-likeness (QED) is 0.348. The maximum absolute atomic E-state index is 13.0.